The molecule has 1 aliphatic heterocycles. The predicted octanol–water partition coefficient (Wildman–Crippen LogP) is -2.68. The van der Waals surface area contributed by atoms with E-state index >= 15 is 0 Å². The Morgan fingerprint density at radius 1 is 1.52 bits per heavy atom. The van der Waals surface area contributed by atoms with Gasteiger partial charge < -0.3 is 25.8 Å². The number of hydrogen-bond acceptors (Lipinski definition) is 8. The van der Waals surface area contributed by atoms with Gasteiger partial charge in [-0.3, -0.25) is 13.9 Å². The maximum absolute atomic E-state index is 12.3. The van der Waals surface area contributed by atoms with Crippen molar-refractivity contribution in [2.75, 3.05) is 12.3 Å². The quantitative estimate of drug-likeness (QED) is 0.469. The highest BCUT2D eigenvalue weighted by Crippen LogP contribution is 2.30. The molecule has 1 saturated heterocycles. The zero-order chi connectivity index (χ0) is 17.8. The molecule has 2 aromatic heterocycles. The van der Waals surface area contributed by atoms with Crippen LogP contribution in [0.25, 0.3) is 11.2 Å². The van der Waals surface area contributed by atoms with Crippen molar-refractivity contribution in [2.45, 2.75) is 24.5 Å². The Hall–Kier alpha value is -2.01. The second kappa shape index (κ2) is 4.77. The summed E-state index contributed by atoms with van der Waals surface area (Å²) in [6.07, 6.45) is -3.84. The predicted molar refractivity (Wildman–Crippen MR) is 70.2 cm³/mol. The van der Waals surface area contributed by atoms with Crippen molar-refractivity contribution in [3.63, 3.8) is 0 Å². The molecule has 2 aromatic rings. The largest absolute Gasteiger partial charge is 0.394 e. The number of nitrogens with two attached hydrogens (primary N) is 1. The van der Waals surface area contributed by atoms with Gasteiger partial charge in [0, 0.05) is 11.1 Å². The number of aliphatic hydroxyl groups excluding tert-OH is 3. The molecule has 3 heterocycles. The Balaban J connectivity index is 2.15. The number of anilines is 1. The standard InChI is InChI=1S/C11H15N5O5/c1-15-9(20)5-8(14-11(15)12)16(3-13-5)10-7(19)6(18)4(2-17)21-10/h3-4,6-7,10,17-19H,2H2,1H3,(H2,12,14)/t4-,6?,7+,10-/m1/s1/i1D3. The fraction of sp³-hybridized carbons (Fsp3) is 0.545. The number of ether oxygens (including phenoxy) is 1. The Bertz CT molecular complexity index is 834. The van der Waals surface area contributed by atoms with E-state index in [1.54, 1.807) is 0 Å². The molecule has 0 spiro atoms. The van der Waals surface area contributed by atoms with Gasteiger partial charge in [0.05, 0.1) is 12.9 Å². The molecule has 1 aliphatic rings. The van der Waals surface area contributed by atoms with E-state index < -0.39 is 49.6 Å². The van der Waals surface area contributed by atoms with Gasteiger partial charge in [-0.2, -0.15) is 4.98 Å². The van der Waals surface area contributed by atoms with Crippen molar-refractivity contribution in [1.29, 1.82) is 0 Å². The molecule has 1 fully saturated rings. The average Bonchev–Trinajstić information content (AvgIpc) is 3.00. The van der Waals surface area contributed by atoms with E-state index in [1.807, 2.05) is 0 Å². The van der Waals surface area contributed by atoms with Crippen LogP contribution in [-0.2, 0) is 11.7 Å². The molecule has 0 saturated carbocycles. The van der Waals surface area contributed by atoms with Gasteiger partial charge in [0.25, 0.3) is 5.56 Å². The summed E-state index contributed by atoms with van der Waals surface area (Å²) >= 11 is 0. The summed E-state index contributed by atoms with van der Waals surface area (Å²) < 4.78 is 28.8. The molecule has 0 amide bonds. The lowest BCUT2D eigenvalue weighted by atomic mass is 10.1. The lowest BCUT2D eigenvalue weighted by Gasteiger charge is -2.16. The third-order valence-electron chi connectivity index (χ3n) is 3.41. The highest BCUT2D eigenvalue weighted by atomic mass is 16.6. The van der Waals surface area contributed by atoms with Crippen molar-refractivity contribution >= 4 is 17.1 Å². The van der Waals surface area contributed by atoms with Gasteiger partial charge >= 0.3 is 0 Å². The molecule has 1 unspecified atom stereocenters. The number of nitrogen functional groups attached to an aromatic ring is 1. The first-order valence-corrected chi connectivity index (χ1v) is 6.04. The molecule has 114 valence electrons. The highest BCUT2D eigenvalue weighted by Gasteiger charge is 2.44. The topological polar surface area (TPSA) is 149 Å². The number of aliphatic hydroxyl groups is 3. The van der Waals surface area contributed by atoms with Crippen LogP contribution < -0.4 is 11.3 Å². The van der Waals surface area contributed by atoms with Crippen LogP contribution in [0, 0.1) is 0 Å². The van der Waals surface area contributed by atoms with Gasteiger partial charge in [-0.15, -0.1) is 0 Å². The van der Waals surface area contributed by atoms with Gasteiger partial charge in [0.2, 0.25) is 5.95 Å². The van der Waals surface area contributed by atoms with Crippen LogP contribution in [0.4, 0.5) is 5.95 Å². The van der Waals surface area contributed by atoms with E-state index in [4.69, 9.17) is 19.7 Å². The maximum Gasteiger partial charge on any atom is 0.282 e. The van der Waals surface area contributed by atoms with Crippen molar-refractivity contribution in [2.24, 2.45) is 6.98 Å². The van der Waals surface area contributed by atoms with Crippen LogP contribution in [0.1, 0.15) is 10.3 Å². The van der Waals surface area contributed by atoms with Crippen molar-refractivity contribution in [1.82, 2.24) is 19.1 Å². The van der Waals surface area contributed by atoms with Crippen molar-refractivity contribution in [3.8, 4) is 0 Å². The Morgan fingerprint density at radius 3 is 2.90 bits per heavy atom. The van der Waals surface area contributed by atoms with E-state index in [-0.39, 0.29) is 11.2 Å². The summed E-state index contributed by atoms with van der Waals surface area (Å²) in [7, 11) is 0. The minimum Gasteiger partial charge on any atom is -0.394 e. The Kier molecular flexibility index (Phi) is 2.43. The van der Waals surface area contributed by atoms with Crippen LogP contribution >= 0.6 is 0 Å². The molecule has 0 radical (unpaired) electrons. The zero-order valence-electron chi connectivity index (χ0n) is 13.6. The minimum atomic E-state index is -2.83. The zero-order valence-corrected chi connectivity index (χ0v) is 10.6. The molecule has 10 nitrogen and oxygen atoms in total. The molecule has 3 rings (SSSR count). The normalized spacial score (nSPS) is 32.0. The van der Waals surface area contributed by atoms with Crippen molar-refractivity contribution in [3.05, 3.63) is 16.7 Å². The number of imidazole rings is 1. The summed E-state index contributed by atoms with van der Waals surface area (Å²) in [5.74, 6) is -0.555. The van der Waals surface area contributed by atoms with Gasteiger partial charge in [0.15, 0.2) is 17.4 Å². The number of nitrogens with zero attached hydrogens (tertiary/aromatic N) is 4. The second-order valence-corrected chi connectivity index (χ2v) is 4.66. The molecule has 21 heavy (non-hydrogen) atoms. The number of aromatic nitrogens is 4. The molecule has 4 atom stereocenters. The highest BCUT2D eigenvalue weighted by molar-refractivity contribution is 5.71. The van der Waals surface area contributed by atoms with Gasteiger partial charge in [0.1, 0.15) is 18.3 Å². The third kappa shape index (κ3) is 1.92. The minimum absolute atomic E-state index is 0.104. The summed E-state index contributed by atoms with van der Waals surface area (Å²) in [6.45, 7) is -3.35. The number of rotatable bonds is 2. The lowest BCUT2D eigenvalue weighted by molar-refractivity contribution is -0.0511. The average molecular weight is 300 g/mol. The summed E-state index contributed by atoms with van der Waals surface area (Å²) in [5, 5.41) is 29.0. The maximum atomic E-state index is 12.3. The lowest BCUT2D eigenvalue weighted by Crippen LogP contribution is -2.33. The van der Waals surface area contributed by atoms with Crippen LogP contribution in [0.3, 0.4) is 0 Å². The fourth-order valence-electron chi connectivity index (χ4n) is 2.28. The molecular formula is C11H15N5O5. The van der Waals surface area contributed by atoms with Crippen LogP contribution in [0.5, 0.6) is 0 Å². The molecular weight excluding hydrogens is 282 g/mol. The van der Waals surface area contributed by atoms with Crippen LogP contribution in [0.2, 0.25) is 0 Å². The Morgan fingerprint density at radius 2 is 2.29 bits per heavy atom. The van der Waals surface area contributed by atoms with E-state index in [0.717, 1.165) is 10.9 Å². The van der Waals surface area contributed by atoms with Crippen LogP contribution in [0.15, 0.2) is 11.1 Å². The summed E-state index contributed by atoms with van der Waals surface area (Å²) in [4.78, 5) is 20.0. The smallest absolute Gasteiger partial charge is 0.282 e. The van der Waals surface area contributed by atoms with Gasteiger partial charge in [-0.1, -0.05) is 0 Å². The number of fused-ring (bicyclic) bond motifs is 1. The van der Waals surface area contributed by atoms with E-state index in [9.17, 15) is 15.0 Å². The first-order chi connectivity index (χ1) is 11.2. The second-order valence-electron chi connectivity index (χ2n) is 4.66. The Labute approximate surface area is 122 Å². The van der Waals surface area contributed by atoms with E-state index in [2.05, 4.69) is 9.97 Å². The summed E-state index contributed by atoms with van der Waals surface area (Å²) in [5.41, 5.74) is 4.22. The molecule has 5 N–H and O–H groups in total. The fourth-order valence-corrected chi connectivity index (χ4v) is 2.28. The van der Waals surface area contributed by atoms with Crippen molar-refractivity contribution < 1.29 is 24.2 Å². The number of hydrogen-bond donors (Lipinski definition) is 4. The van der Waals surface area contributed by atoms with Crippen LogP contribution in [-0.4, -0.2) is 59.3 Å². The van der Waals surface area contributed by atoms with E-state index in [0.29, 0.717) is 4.57 Å². The molecule has 0 aromatic carbocycles. The first-order valence-electron chi connectivity index (χ1n) is 7.54. The monoisotopic (exact) mass is 300 g/mol. The SMILES string of the molecule is [2H]C([2H])([2H])n1c(N)nc2c(ncn2[C@@H]2O[C@H](CO)C(O)[C@@H]2O)c1=O. The van der Waals surface area contributed by atoms with Gasteiger partial charge in [-0.25, -0.2) is 4.98 Å². The molecule has 10 heteroatoms. The summed E-state index contributed by atoms with van der Waals surface area (Å²) in [6, 6.07) is 0. The van der Waals surface area contributed by atoms with Gasteiger partial charge in [-0.05, 0) is 0 Å². The molecule has 0 bridgehead atoms. The van der Waals surface area contributed by atoms with E-state index in [1.165, 1.54) is 0 Å². The first kappa shape index (κ1) is 10.7. The third-order valence-corrected chi connectivity index (χ3v) is 3.41. The molecule has 0 aliphatic carbocycles.